The van der Waals surface area contributed by atoms with Crippen LogP contribution in [-0.2, 0) is 25.5 Å². The highest BCUT2D eigenvalue weighted by Crippen LogP contribution is 2.40. The molecule has 1 N–H and O–H groups in total. The molecule has 0 aromatic heterocycles. The summed E-state index contributed by atoms with van der Waals surface area (Å²) in [5, 5.41) is 2.54. The first kappa shape index (κ1) is 19.5. The predicted molar refractivity (Wildman–Crippen MR) is 104 cm³/mol. The first-order valence-electron chi connectivity index (χ1n) is 8.88. The number of esters is 1. The molecule has 1 fully saturated rings. The number of thioether (sulfide) groups is 1. The Morgan fingerprint density at radius 1 is 1.26 bits per heavy atom. The topological polar surface area (TPSA) is 75.7 Å². The van der Waals surface area contributed by atoms with Crippen molar-refractivity contribution in [3.63, 3.8) is 0 Å². The molecule has 0 aliphatic carbocycles. The number of hydrogen-bond donors (Lipinski definition) is 1. The summed E-state index contributed by atoms with van der Waals surface area (Å²) in [4.78, 5) is 39.0. The lowest BCUT2D eigenvalue weighted by molar-refractivity contribution is -0.159. The van der Waals surface area contributed by atoms with Crippen molar-refractivity contribution in [2.24, 2.45) is 0 Å². The third kappa shape index (κ3) is 4.18. The molecular formula is C20H24N2O4S. The number of nitrogens with one attached hydrogen (secondary N) is 1. The van der Waals surface area contributed by atoms with E-state index >= 15 is 0 Å². The van der Waals surface area contributed by atoms with Crippen LogP contribution >= 0.6 is 11.8 Å². The summed E-state index contributed by atoms with van der Waals surface area (Å²) >= 11 is 1.55. The SMILES string of the molecule is CC1=C(C(=O)OC(C)(C)C)N2C(=O)[C@@H](NC(=O)Cc3ccccc3)[C@@H]2SC1. The molecule has 2 amide bonds. The van der Waals surface area contributed by atoms with Gasteiger partial charge in [-0.05, 0) is 38.8 Å². The van der Waals surface area contributed by atoms with E-state index in [0.29, 0.717) is 11.4 Å². The molecule has 1 aromatic carbocycles. The first-order chi connectivity index (χ1) is 12.7. The van der Waals surface area contributed by atoms with E-state index in [9.17, 15) is 14.4 Å². The second-order valence-electron chi connectivity index (χ2n) is 7.75. The van der Waals surface area contributed by atoms with Crippen molar-refractivity contribution in [3.8, 4) is 0 Å². The average Bonchev–Trinajstić information content (AvgIpc) is 2.58. The molecule has 7 heteroatoms. The van der Waals surface area contributed by atoms with Gasteiger partial charge < -0.3 is 10.1 Å². The van der Waals surface area contributed by atoms with E-state index in [1.54, 1.807) is 32.5 Å². The lowest BCUT2D eigenvalue weighted by atomic mass is 10.0. The molecule has 2 heterocycles. The molecule has 3 rings (SSSR count). The van der Waals surface area contributed by atoms with Crippen LogP contribution in [0.2, 0.25) is 0 Å². The molecule has 2 atom stereocenters. The molecule has 2 aliphatic heterocycles. The number of nitrogens with zero attached hydrogens (tertiary/aromatic N) is 1. The van der Waals surface area contributed by atoms with E-state index in [1.807, 2.05) is 37.3 Å². The average molecular weight is 388 g/mol. The molecule has 0 bridgehead atoms. The van der Waals surface area contributed by atoms with Gasteiger partial charge in [-0.25, -0.2) is 4.79 Å². The van der Waals surface area contributed by atoms with Crippen LogP contribution in [0.4, 0.5) is 0 Å². The summed E-state index contributed by atoms with van der Waals surface area (Å²) in [5.74, 6) is -0.347. The number of hydrogen-bond acceptors (Lipinski definition) is 5. The van der Waals surface area contributed by atoms with Crippen LogP contribution in [0.3, 0.4) is 0 Å². The highest BCUT2D eigenvalue weighted by molar-refractivity contribution is 8.00. The largest absolute Gasteiger partial charge is 0.455 e. The Kier molecular flexibility index (Phi) is 5.33. The first-order valence-corrected chi connectivity index (χ1v) is 9.93. The fourth-order valence-corrected chi connectivity index (χ4v) is 4.39. The third-order valence-corrected chi connectivity index (χ3v) is 5.70. The van der Waals surface area contributed by atoms with Crippen LogP contribution < -0.4 is 5.32 Å². The second kappa shape index (κ2) is 7.38. The summed E-state index contributed by atoms with van der Waals surface area (Å²) < 4.78 is 5.46. The van der Waals surface area contributed by atoms with Gasteiger partial charge in [-0.1, -0.05) is 30.3 Å². The zero-order valence-electron chi connectivity index (χ0n) is 15.9. The van der Waals surface area contributed by atoms with Crippen molar-refractivity contribution in [1.82, 2.24) is 10.2 Å². The van der Waals surface area contributed by atoms with E-state index < -0.39 is 17.6 Å². The normalized spacial score (nSPS) is 22.1. The molecular weight excluding hydrogens is 364 g/mol. The smallest absolute Gasteiger partial charge is 0.355 e. The number of fused-ring (bicyclic) bond motifs is 1. The summed E-state index contributed by atoms with van der Waals surface area (Å²) in [6.45, 7) is 7.21. The van der Waals surface area contributed by atoms with Crippen LogP contribution in [0, 0.1) is 0 Å². The minimum absolute atomic E-state index is 0.204. The Morgan fingerprint density at radius 3 is 2.56 bits per heavy atom. The second-order valence-corrected chi connectivity index (χ2v) is 8.85. The standard InChI is InChI=1S/C20H24N2O4S/c1-12-11-27-18-15(21-14(23)10-13-8-6-5-7-9-13)17(24)22(18)16(12)19(25)26-20(2,3)4/h5-9,15,18H,10-11H2,1-4H3,(H,21,23)/t15-,18+/m1/s1. The van der Waals surface area contributed by atoms with Gasteiger partial charge in [0.2, 0.25) is 5.91 Å². The molecule has 0 unspecified atom stereocenters. The number of benzene rings is 1. The number of β-lactam (4-membered cyclic amide) rings is 1. The van der Waals surface area contributed by atoms with Crippen LogP contribution in [0.5, 0.6) is 0 Å². The maximum atomic E-state index is 12.7. The van der Waals surface area contributed by atoms with Gasteiger partial charge in [0, 0.05) is 5.75 Å². The molecule has 6 nitrogen and oxygen atoms in total. The van der Waals surface area contributed by atoms with Crippen molar-refractivity contribution in [2.45, 2.75) is 51.1 Å². The van der Waals surface area contributed by atoms with Crippen molar-refractivity contribution in [3.05, 3.63) is 47.2 Å². The number of carbonyl (C=O) groups excluding carboxylic acids is 3. The Morgan fingerprint density at radius 2 is 1.93 bits per heavy atom. The van der Waals surface area contributed by atoms with Gasteiger partial charge in [-0.15, -0.1) is 11.8 Å². The van der Waals surface area contributed by atoms with E-state index in [-0.39, 0.29) is 23.6 Å². The summed E-state index contributed by atoms with van der Waals surface area (Å²) in [5.41, 5.74) is 1.38. The Hall–Kier alpha value is -2.28. The predicted octanol–water partition coefficient (Wildman–Crippen LogP) is 2.24. The van der Waals surface area contributed by atoms with Crippen LogP contribution in [0.15, 0.2) is 41.6 Å². The lowest BCUT2D eigenvalue weighted by Crippen LogP contribution is -2.70. The van der Waals surface area contributed by atoms with E-state index in [0.717, 1.165) is 11.1 Å². The third-order valence-electron chi connectivity index (χ3n) is 4.28. The van der Waals surface area contributed by atoms with Crippen molar-refractivity contribution < 1.29 is 19.1 Å². The summed E-state index contributed by atoms with van der Waals surface area (Å²) in [6, 6.07) is 8.76. The number of ether oxygens (including phenoxy) is 1. The quantitative estimate of drug-likeness (QED) is 0.632. The van der Waals surface area contributed by atoms with Crippen LogP contribution in [0.25, 0.3) is 0 Å². The number of amides is 2. The van der Waals surface area contributed by atoms with Gasteiger partial charge in [-0.3, -0.25) is 14.5 Å². The van der Waals surface area contributed by atoms with Gasteiger partial charge in [0.25, 0.3) is 5.91 Å². The molecule has 1 saturated heterocycles. The molecule has 0 spiro atoms. The molecule has 144 valence electrons. The fraction of sp³-hybridized carbons (Fsp3) is 0.450. The van der Waals surface area contributed by atoms with Crippen molar-refractivity contribution in [2.75, 3.05) is 5.75 Å². The van der Waals surface area contributed by atoms with E-state index in [4.69, 9.17) is 4.74 Å². The molecule has 0 radical (unpaired) electrons. The maximum Gasteiger partial charge on any atom is 0.355 e. The maximum absolute atomic E-state index is 12.7. The van der Waals surface area contributed by atoms with Crippen molar-refractivity contribution >= 4 is 29.5 Å². The van der Waals surface area contributed by atoms with Gasteiger partial charge in [0.15, 0.2) is 0 Å². The number of rotatable bonds is 4. The summed E-state index contributed by atoms with van der Waals surface area (Å²) in [7, 11) is 0. The minimum atomic E-state index is -0.637. The Bertz CT molecular complexity index is 798. The Balaban J connectivity index is 1.68. The fourth-order valence-electron chi connectivity index (χ4n) is 3.09. The highest BCUT2D eigenvalue weighted by Gasteiger charge is 2.54. The highest BCUT2D eigenvalue weighted by atomic mass is 32.2. The van der Waals surface area contributed by atoms with Gasteiger partial charge in [0.05, 0.1) is 6.42 Å². The van der Waals surface area contributed by atoms with Crippen LogP contribution in [-0.4, -0.2) is 45.5 Å². The van der Waals surface area contributed by atoms with Gasteiger partial charge >= 0.3 is 5.97 Å². The minimum Gasteiger partial charge on any atom is -0.455 e. The zero-order valence-corrected chi connectivity index (χ0v) is 16.8. The van der Waals surface area contributed by atoms with Crippen LogP contribution in [0.1, 0.15) is 33.3 Å². The lowest BCUT2D eigenvalue weighted by Gasteiger charge is -2.49. The van der Waals surface area contributed by atoms with E-state index in [2.05, 4.69) is 5.32 Å². The Labute approximate surface area is 163 Å². The number of carbonyl (C=O) groups is 3. The molecule has 0 saturated carbocycles. The summed E-state index contributed by atoms with van der Waals surface area (Å²) in [6.07, 6.45) is 0.218. The van der Waals surface area contributed by atoms with Crippen molar-refractivity contribution in [1.29, 1.82) is 0 Å². The van der Waals surface area contributed by atoms with Gasteiger partial charge in [0.1, 0.15) is 22.7 Å². The van der Waals surface area contributed by atoms with E-state index in [1.165, 1.54) is 4.90 Å². The monoisotopic (exact) mass is 388 g/mol. The molecule has 2 aliphatic rings. The molecule has 27 heavy (non-hydrogen) atoms. The zero-order chi connectivity index (χ0) is 19.8. The van der Waals surface area contributed by atoms with Gasteiger partial charge in [-0.2, -0.15) is 0 Å². The molecule has 1 aromatic rings.